The number of thioether (sulfide) groups is 2. The first kappa shape index (κ1) is 28.5. The number of aldehydes is 1. The van der Waals surface area contributed by atoms with E-state index in [2.05, 4.69) is 43.0 Å². The molecule has 0 aromatic heterocycles. The van der Waals surface area contributed by atoms with Crippen LogP contribution in [0.2, 0.25) is 0 Å². The molecular formula is C25H44O2S2. The summed E-state index contributed by atoms with van der Waals surface area (Å²) in [6, 6.07) is 0. The van der Waals surface area contributed by atoms with Crippen molar-refractivity contribution in [3.63, 3.8) is 0 Å². The molecular weight excluding hydrogens is 396 g/mol. The number of hydrogen-bond donors (Lipinski definition) is 0. The molecule has 0 aromatic rings. The number of ketones is 1. The van der Waals surface area contributed by atoms with E-state index in [1.807, 2.05) is 6.08 Å². The van der Waals surface area contributed by atoms with Gasteiger partial charge in [0, 0.05) is 10.5 Å². The highest BCUT2D eigenvalue weighted by Gasteiger charge is 2.18. The lowest BCUT2D eigenvalue weighted by Gasteiger charge is -2.24. The average molecular weight is 441 g/mol. The highest BCUT2D eigenvalue weighted by molar-refractivity contribution is 8.03. The maximum Gasteiger partial charge on any atom is 0.178 e. The first-order valence-corrected chi connectivity index (χ1v) is 14.1. The Balaban J connectivity index is 3.68. The molecule has 0 aliphatic heterocycles. The predicted octanol–water partition coefficient (Wildman–Crippen LogP) is 7.81. The van der Waals surface area contributed by atoms with Crippen LogP contribution in [0.15, 0.2) is 24.3 Å². The maximum atomic E-state index is 11.3. The zero-order valence-corrected chi connectivity index (χ0v) is 20.7. The number of carbonyl (C=O) groups is 2. The summed E-state index contributed by atoms with van der Waals surface area (Å²) in [7, 11) is 0. The molecule has 2 unspecified atom stereocenters. The maximum absolute atomic E-state index is 11.3. The fourth-order valence-corrected chi connectivity index (χ4v) is 5.91. The van der Waals surface area contributed by atoms with Gasteiger partial charge in [0.25, 0.3) is 0 Å². The molecule has 0 aromatic carbocycles. The number of hydrogen-bond acceptors (Lipinski definition) is 4. The van der Waals surface area contributed by atoms with Crippen LogP contribution >= 0.6 is 23.5 Å². The van der Waals surface area contributed by atoms with Crippen LogP contribution in [-0.2, 0) is 9.59 Å². The SMILES string of the molecule is CCCCCCC(SC)C(CCCCCCCCC/C=C/C(=O)/C=C/C=O)SC. The molecule has 0 saturated heterocycles. The van der Waals surface area contributed by atoms with Gasteiger partial charge < -0.3 is 0 Å². The largest absolute Gasteiger partial charge is 0.299 e. The van der Waals surface area contributed by atoms with E-state index in [0.717, 1.165) is 23.3 Å². The van der Waals surface area contributed by atoms with Crippen molar-refractivity contribution in [2.45, 2.75) is 107 Å². The van der Waals surface area contributed by atoms with E-state index >= 15 is 0 Å². The second-order valence-electron chi connectivity index (χ2n) is 7.75. The molecule has 0 bridgehead atoms. The van der Waals surface area contributed by atoms with Crippen molar-refractivity contribution in [1.82, 2.24) is 0 Å². The van der Waals surface area contributed by atoms with Crippen LogP contribution in [0.4, 0.5) is 0 Å². The summed E-state index contributed by atoms with van der Waals surface area (Å²) in [5.74, 6) is -0.106. The van der Waals surface area contributed by atoms with Crippen molar-refractivity contribution in [1.29, 1.82) is 0 Å². The van der Waals surface area contributed by atoms with Gasteiger partial charge in [-0.25, -0.2) is 0 Å². The monoisotopic (exact) mass is 440 g/mol. The van der Waals surface area contributed by atoms with Crippen molar-refractivity contribution < 1.29 is 9.59 Å². The molecule has 0 N–H and O–H groups in total. The molecule has 0 aliphatic carbocycles. The summed E-state index contributed by atoms with van der Waals surface area (Å²) in [6.07, 6.45) is 29.6. The first-order chi connectivity index (χ1) is 14.2. The normalized spacial score (nSPS) is 13.9. The van der Waals surface area contributed by atoms with Gasteiger partial charge in [-0.1, -0.05) is 77.2 Å². The number of rotatable bonds is 21. The smallest absolute Gasteiger partial charge is 0.178 e. The fourth-order valence-electron chi connectivity index (χ4n) is 3.56. The molecule has 4 heteroatoms. The van der Waals surface area contributed by atoms with Crippen LogP contribution in [-0.4, -0.2) is 35.1 Å². The quantitative estimate of drug-likeness (QED) is 0.103. The van der Waals surface area contributed by atoms with E-state index in [-0.39, 0.29) is 5.78 Å². The average Bonchev–Trinajstić information content (AvgIpc) is 2.74. The minimum atomic E-state index is -0.106. The van der Waals surface area contributed by atoms with Gasteiger partial charge >= 0.3 is 0 Å². The summed E-state index contributed by atoms with van der Waals surface area (Å²) < 4.78 is 0. The second-order valence-corrected chi connectivity index (χ2v) is 9.90. The third kappa shape index (κ3) is 18.0. The Morgan fingerprint density at radius 2 is 1.28 bits per heavy atom. The van der Waals surface area contributed by atoms with Crippen LogP contribution < -0.4 is 0 Å². The van der Waals surface area contributed by atoms with Crippen LogP contribution in [0, 0.1) is 0 Å². The Kier molecular flexibility index (Phi) is 21.8. The first-order valence-electron chi connectivity index (χ1n) is 11.6. The summed E-state index contributed by atoms with van der Waals surface area (Å²) >= 11 is 4.16. The minimum absolute atomic E-state index is 0.106. The van der Waals surface area contributed by atoms with Crippen molar-refractivity contribution >= 4 is 35.6 Å². The Hall–Kier alpha value is -0.480. The second kappa shape index (κ2) is 22.2. The molecule has 2 atom stereocenters. The Morgan fingerprint density at radius 3 is 1.79 bits per heavy atom. The van der Waals surface area contributed by atoms with Crippen molar-refractivity contribution in [3.8, 4) is 0 Å². The number of allylic oxidation sites excluding steroid dienone is 4. The molecule has 0 rings (SSSR count). The zero-order chi connectivity index (χ0) is 21.6. The fraction of sp³-hybridized carbons (Fsp3) is 0.760. The van der Waals surface area contributed by atoms with Gasteiger partial charge in [-0.15, -0.1) is 0 Å². The molecule has 0 fully saturated rings. The van der Waals surface area contributed by atoms with Crippen LogP contribution in [0.25, 0.3) is 0 Å². The third-order valence-corrected chi connectivity index (χ3v) is 7.85. The third-order valence-electron chi connectivity index (χ3n) is 5.34. The molecule has 29 heavy (non-hydrogen) atoms. The van der Waals surface area contributed by atoms with Crippen molar-refractivity contribution in [2.75, 3.05) is 12.5 Å². The van der Waals surface area contributed by atoms with Gasteiger partial charge in [0.15, 0.2) is 5.78 Å². The van der Waals surface area contributed by atoms with Gasteiger partial charge in [0.1, 0.15) is 6.29 Å². The number of carbonyl (C=O) groups excluding carboxylic acids is 2. The van der Waals surface area contributed by atoms with Gasteiger partial charge in [0.05, 0.1) is 0 Å². The molecule has 168 valence electrons. The molecule has 0 aliphatic rings. The molecule has 0 heterocycles. The van der Waals surface area contributed by atoms with E-state index in [4.69, 9.17) is 0 Å². The van der Waals surface area contributed by atoms with Crippen molar-refractivity contribution in [2.24, 2.45) is 0 Å². The highest BCUT2D eigenvalue weighted by atomic mass is 32.2. The zero-order valence-electron chi connectivity index (χ0n) is 19.1. The van der Waals surface area contributed by atoms with Gasteiger partial charge in [-0.2, -0.15) is 23.5 Å². The number of unbranched alkanes of at least 4 members (excludes halogenated alkanes) is 10. The van der Waals surface area contributed by atoms with Crippen molar-refractivity contribution in [3.05, 3.63) is 24.3 Å². The molecule has 2 nitrogen and oxygen atoms in total. The van der Waals surface area contributed by atoms with E-state index in [0.29, 0.717) is 6.29 Å². The van der Waals surface area contributed by atoms with Gasteiger partial charge in [0.2, 0.25) is 0 Å². The summed E-state index contributed by atoms with van der Waals surface area (Å²) in [4.78, 5) is 21.4. The topological polar surface area (TPSA) is 34.1 Å². The van der Waals surface area contributed by atoms with E-state index in [1.165, 1.54) is 89.2 Å². The van der Waals surface area contributed by atoms with Crippen LogP contribution in [0.3, 0.4) is 0 Å². The van der Waals surface area contributed by atoms with E-state index < -0.39 is 0 Å². The van der Waals surface area contributed by atoms with E-state index in [1.54, 1.807) is 6.08 Å². The van der Waals surface area contributed by atoms with Gasteiger partial charge in [-0.05, 0) is 56.4 Å². The molecule has 0 spiro atoms. The van der Waals surface area contributed by atoms with Gasteiger partial charge in [-0.3, -0.25) is 9.59 Å². The summed E-state index contributed by atoms with van der Waals surface area (Å²) in [5.41, 5.74) is 0. The lowest BCUT2D eigenvalue weighted by Crippen LogP contribution is -2.19. The highest BCUT2D eigenvalue weighted by Crippen LogP contribution is 2.30. The minimum Gasteiger partial charge on any atom is -0.299 e. The van der Waals surface area contributed by atoms with Crippen LogP contribution in [0.1, 0.15) is 96.8 Å². The molecule has 0 radical (unpaired) electrons. The molecule has 0 amide bonds. The summed E-state index contributed by atoms with van der Waals surface area (Å²) in [6.45, 7) is 2.29. The Bertz CT molecular complexity index is 446. The predicted molar refractivity (Wildman–Crippen MR) is 134 cm³/mol. The lowest BCUT2D eigenvalue weighted by molar-refractivity contribution is -0.111. The van der Waals surface area contributed by atoms with Crippen LogP contribution in [0.5, 0.6) is 0 Å². The Morgan fingerprint density at radius 1 is 0.759 bits per heavy atom. The van der Waals surface area contributed by atoms with E-state index in [9.17, 15) is 9.59 Å². The molecule has 0 saturated carbocycles. The summed E-state index contributed by atoms with van der Waals surface area (Å²) in [5, 5.41) is 1.65. The lowest BCUT2D eigenvalue weighted by atomic mass is 10.0. The Labute approximate surface area is 189 Å². The standard InChI is InChI=1S/C25H44O2S2/c1-4-5-6-15-20-24(28-2)25(29-3)21-16-13-11-9-7-8-10-12-14-18-23(27)19-17-22-26/h14,17-19,22,24-25H,4-13,15-16,20-21H2,1-3H3/b18-14+,19-17+.